The molecule has 0 aromatic heterocycles. The smallest absolute Gasteiger partial charge is 0.239 e. The van der Waals surface area contributed by atoms with Crippen molar-refractivity contribution in [1.82, 2.24) is 10.2 Å². The first-order valence-electron chi connectivity index (χ1n) is 5.72. The quantitative estimate of drug-likeness (QED) is 0.724. The Balaban J connectivity index is 4.22. The fraction of sp³-hybridized carbons (Fsp3) is 0.818. The number of carbonyl (C=O) groups excluding carboxylic acids is 2. The number of amides is 2. The van der Waals surface area contributed by atoms with Crippen molar-refractivity contribution in [2.24, 2.45) is 0 Å². The first kappa shape index (κ1) is 15.4. The molecule has 0 aromatic rings. The largest absolute Gasteiger partial charge is 0.355 e. The minimum Gasteiger partial charge on any atom is -0.355 e. The Kier molecular flexibility index (Phi) is 8.25. The van der Waals surface area contributed by atoms with Crippen LogP contribution < -0.4 is 5.32 Å². The van der Waals surface area contributed by atoms with Crippen molar-refractivity contribution in [2.45, 2.75) is 38.4 Å². The number of nitrogens with one attached hydrogen (secondary N) is 1. The van der Waals surface area contributed by atoms with Crippen molar-refractivity contribution in [3.05, 3.63) is 0 Å². The van der Waals surface area contributed by atoms with E-state index in [2.05, 4.69) is 21.2 Å². The Morgan fingerprint density at radius 3 is 2.38 bits per heavy atom. The Labute approximate surface area is 106 Å². The molecule has 5 heteroatoms. The van der Waals surface area contributed by atoms with E-state index in [1.807, 2.05) is 13.8 Å². The lowest BCUT2D eigenvalue weighted by atomic mass is 10.3. The molecule has 1 atom stereocenters. The van der Waals surface area contributed by atoms with Gasteiger partial charge in [0, 0.05) is 13.1 Å². The van der Waals surface area contributed by atoms with Crippen LogP contribution in [0.1, 0.15) is 33.6 Å². The van der Waals surface area contributed by atoms with E-state index in [-0.39, 0.29) is 23.2 Å². The predicted molar refractivity (Wildman–Crippen MR) is 68.6 cm³/mol. The molecule has 0 radical (unpaired) electrons. The topological polar surface area (TPSA) is 49.4 Å². The lowest BCUT2D eigenvalue weighted by molar-refractivity contribution is -0.135. The van der Waals surface area contributed by atoms with Gasteiger partial charge in [-0.15, -0.1) is 0 Å². The molecule has 0 fully saturated rings. The van der Waals surface area contributed by atoms with E-state index in [9.17, 15) is 9.59 Å². The first-order chi connectivity index (χ1) is 7.52. The van der Waals surface area contributed by atoms with Crippen LogP contribution in [0.15, 0.2) is 0 Å². The first-order valence-corrected chi connectivity index (χ1v) is 6.64. The second-order valence-corrected chi connectivity index (χ2v) is 5.10. The fourth-order valence-corrected chi connectivity index (χ4v) is 1.57. The third-order valence-corrected chi connectivity index (χ3v) is 2.44. The summed E-state index contributed by atoms with van der Waals surface area (Å²) in [5.74, 6) is -0.120. The number of carbonyl (C=O) groups is 2. The van der Waals surface area contributed by atoms with Crippen molar-refractivity contribution in [2.75, 3.05) is 19.6 Å². The molecule has 0 saturated heterocycles. The van der Waals surface area contributed by atoms with E-state index in [1.54, 1.807) is 11.8 Å². The van der Waals surface area contributed by atoms with Gasteiger partial charge in [0.1, 0.15) is 0 Å². The van der Waals surface area contributed by atoms with Gasteiger partial charge in [0.25, 0.3) is 0 Å². The molecule has 1 unspecified atom stereocenters. The second-order valence-electron chi connectivity index (χ2n) is 3.73. The molecule has 1 N–H and O–H groups in total. The number of rotatable bonds is 7. The predicted octanol–water partition coefficient (Wildman–Crippen LogP) is 1.53. The molecule has 0 spiro atoms. The van der Waals surface area contributed by atoms with Crippen LogP contribution >= 0.6 is 15.9 Å². The van der Waals surface area contributed by atoms with E-state index in [4.69, 9.17) is 0 Å². The monoisotopic (exact) mass is 292 g/mol. The number of hydrogen-bond donors (Lipinski definition) is 1. The van der Waals surface area contributed by atoms with Crippen molar-refractivity contribution in [1.29, 1.82) is 0 Å². The number of nitrogens with zero attached hydrogens (tertiary/aromatic N) is 1. The average molecular weight is 293 g/mol. The van der Waals surface area contributed by atoms with Gasteiger partial charge in [0.2, 0.25) is 11.8 Å². The van der Waals surface area contributed by atoms with Gasteiger partial charge in [0.15, 0.2) is 0 Å². The highest BCUT2D eigenvalue weighted by atomic mass is 79.9. The highest BCUT2D eigenvalue weighted by Crippen LogP contribution is 2.04. The molecule has 0 rings (SSSR count). The third-order valence-electron chi connectivity index (χ3n) is 2.05. The molecule has 4 nitrogen and oxygen atoms in total. The molecule has 16 heavy (non-hydrogen) atoms. The van der Waals surface area contributed by atoms with Crippen LogP contribution in [0.4, 0.5) is 0 Å². The van der Waals surface area contributed by atoms with E-state index in [1.165, 1.54) is 0 Å². The lowest BCUT2D eigenvalue weighted by Crippen LogP contribution is -2.43. The summed E-state index contributed by atoms with van der Waals surface area (Å²) in [4.78, 5) is 24.6. The molecule has 0 aliphatic rings. The average Bonchev–Trinajstić information content (AvgIpc) is 2.24. The van der Waals surface area contributed by atoms with Gasteiger partial charge in [-0.05, 0) is 19.8 Å². The normalized spacial score (nSPS) is 12.0. The Bertz CT molecular complexity index is 232. The SMILES string of the molecule is CCCNC(=O)CN(CCC)C(=O)C(C)Br. The molecular formula is C11H21BrN2O2. The van der Waals surface area contributed by atoms with Crippen LogP contribution in [-0.2, 0) is 9.59 Å². The minimum atomic E-state index is -0.238. The van der Waals surface area contributed by atoms with E-state index >= 15 is 0 Å². The molecule has 2 amide bonds. The van der Waals surface area contributed by atoms with Crippen LogP contribution in [0, 0.1) is 0 Å². The van der Waals surface area contributed by atoms with Gasteiger partial charge in [-0.25, -0.2) is 0 Å². The van der Waals surface area contributed by atoms with Crippen LogP contribution in [0.3, 0.4) is 0 Å². The number of alkyl halides is 1. The third kappa shape index (κ3) is 6.10. The van der Waals surface area contributed by atoms with Gasteiger partial charge in [-0.1, -0.05) is 29.8 Å². The lowest BCUT2D eigenvalue weighted by Gasteiger charge is -2.22. The summed E-state index contributed by atoms with van der Waals surface area (Å²) in [5, 5.41) is 2.77. The highest BCUT2D eigenvalue weighted by Gasteiger charge is 2.19. The van der Waals surface area contributed by atoms with Gasteiger partial charge in [0.05, 0.1) is 11.4 Å². The number of halogens is 1. The summed E-state index contributed by atoms with van der Waals surface area (Å²) in [5.41, 5.74) is 0. The molecular weight excluding hydrogens is 272 g/mol. The summed E-state index contributed by atoms with van der Waals surface area (Å²) < 4.78 is 0. The van der Waals surface area contributed by atoms with Crippen LogP contribution in [0.5, 0.6) is 0 Å². The molecule has 0 bridgehead atoms. The zero-order chi connectivity index (χ0) is 12.6. The maximum atomic E-state index is 11.7. The Morgan fingerprint density at radius 2 is 1.94 bits per heavy atom. The summed E-state index contributed by atoms with van der Waals surface area (Å²) >= 11 is 3.23. The van der Waals surface area contributed by atoms with E-state index in [0.29, 0.717) is 13.1 Å². The molecule has 0 aliphatic heterocycles. The van der Waals surface area contributed by atoms with E-state index in [0.717, 1.165) is 12.8 Å². The maximum Gasteiger partial charge on any atom is 0.239 e. The second kappa shape index (κ2) is 8.56. The fourth-order valence-electron chi connectivity index (χ4n) is 1.28. The molecule has 0 aliphatic carbocycles. The summed E-state index contributed by atoms with van der Waals surface area (Å²) in [6.45, 7) is 7.20. The van der Waals surface area contributed by atoms with Crippen molar-refractivity contribution >= 4 is 27.7 Å². The zero-order valence-electron chi connectivity index (χ0n) is 10.3. The van der Waals surface area contributed by atoms with Crippen LogP contribution in [0.2, 0.25) is 0 Å². The minimum absolute atomic E-state index is 0.0338. The summed E-state index contributed by atoms with van der Waals surface area (Å²) in [7, 11) is 0. The Morgan fingerprint density at radius 1 is 1.31 bits per heavy atom. The number of hydrogen-bond acceptors (Lipinski definition) is 2. The maximum absolute atomic E-state index is 11.7. The molecule has 94 valence electrons. The summed E-state index contributed by atoms with van der Waals surface area (Å²) in [6, 6.07) is 0. The Hall–Kier alpha value is -0.580. The molecule has 0 aromatic carbocycles. The van der Waals surface area contributed by atoms with Crippen molar-refractivity contribution in [3.8, 4) is 0 Å². The van der Waals surface area contributed by atoms with Gasteiger partial charge in [-0.3, -0.25) is 9.59 Å². The molecule has 0 saturated carbocycles. The highest BCUT2D eigenvalue weighted by molar-refractivity contribution is 9.10. The van der Waals surface area contributed by atoms with Gasteiger partial charge < -0.3 is 10.2 Å². The van der Waals surface area contributed by atoms with Crippen molar-refractivity contribution < 1.29 is 9.59 Å². The van der Waals surface area contributed by atoms with Crippen molar-refractivity contribution in [3.63, 3.8) is 0 Å². The van der Waals surface area contributed by atoms with Gasteiger partial charge in [-0.2, -0.15) is 0 Å². The standard InChI is InChI=1S/C11H21BrN2O2/c1-4-6-13-10(15)8-14(7-5-2)11(16)9(3)12/h9H,4-8H2,1-3H3,(H,13,15). The van der Waals surface area contributed by atoms with Crippen LogP contribution in [0.25, 0.3) is 0 Å². The van der Waals surface area contributed by atoms with Gasteiger partial charge >= 0.3 is 0 Å². The zero-order valence-corrected chi connectivity index (χ0v) is 11.8. The van der Waals surface area contributed by atoms with E-state index < -0.39 is 0 Å². The summed E-state index contributed by atoms with van der Waals surface area (Å²) in [6.07, 6.45) is 1.76. The molecule has 0 heterocycles. The van der Waals surface area contributed by atoms with Crippen LogP contribution in [-0.4, -0.2) is 41.2 Å².